The Labute approximate surface area is 101 Å². The van der Waals surface area contributed by atoms with Crippen LogP contribution in [0.2, 0.25) is 0 Å². The Morgan fingerprint density at radius 2 is 1.13 bits per heavy atom. The molecule has 0 heterocycles. The molecule has 0 aromatic heterocycles. The third-order valence-electron chi connectivity index (χ3n) is 0.197. The van der Waals surface area contributed by atoms with Crippen molar-refractivity contribution in [3.05, 3.63) is 0 Å². The summed E-state index contributed by atoms with van der Waals surface area (Å²) in [7, 11) is 1.47. The quantitative estimate of drug-likeness (QED) is 0.168. The molecular formula is C2H10ClNO7P2S2. The predicted molar refractivity (Wildman–Crippen MR) is 62.2 cm³/mol. The van der Waals surface area contributed by atoms with Crippen LogP contribution in [0.3, 0.4) is 0 Å². The molecule has 0 aliphatic carbocycles. The molecule has 0 rings (SSSR count). The molecule has 0 fully saturated rings. The molecule has 0 saturated carbocycles. The molecule has 0 aromatic rings. The van der Waals surface area contributed by atoms with Gasteiger partial charge in [-0.15, -0.1) is 0 Å². The van der Waals surface area contributed by atoms with Gasteiger partial charge >= 0.3 is 18.8 Å². The average Bonchev–Trinajstić information content (AvgIpc) is 1.79. The summed E-state index contributed by atoms with van der Waals surface area (Å²) < 4.78 is 0. The van der Waals surface area contributed by atoms with E-state index in [1.54, 1.807) is 0 Å². The number of carbonyl (C=O) groups is 1. The molecule has 13 heteroatoms. The van der Waals surface area contributed by atoms with Gasteiger partial charge in [0.2, 0.25) is 0 Å². The molecule has 8 nitrogen and oxygen atoms in total. The van der Waals surface area contributed by atoms with Crippen LogP contribution in [0.25, 0.3) is 0 Å². The van der Waals surface area contributed by atoms with Gasteiger partial charge in [0.1, 0.15) is 0 Å². The van der Waals surface area contributed by atoms with E-state index in [2.05, 4.69) is 28.9 Å². The van der Waals surface area contributed by atoms with Crippen molar-refractivity contribution in [1.82, 2.24) is 5.32 Å². The van der Waals surface area contributed by atoms with E-state index < -0.39 is 18.8 Å². The Morgan fingerprint density at radius 3 is 1.13 bits per heavy atom. The fourth-order valence-electron chi connectivity index (χ4n) is 0. The van der Waals surface area contributed by atoms with Crippen LogP contribution in [-0.2, 0) is 23.6 Å². The van der Waals surface area contributed by atoms with Crippen LogP contribution in [0.4, 0.5) is 4.79 Å². The van der Waals surface area contributed by atoms with E-state index in [1.807, 2.05) is 0 Å². The van der Waals surface area contributed by atoms with E-state index in [-0.39, 0.29) is 0 Å². The van der Waals surface area contributed by atoms with Crippen molar-refractivity contribution < 1.29 is 34.2 Å². The second-order valence-electron chi connectivity index (χ2n) is 1.55. The van der Waals surface area contributed by atoms with Crippen molar-refractivity contribution >= 4 is 54.0 Å². The zero-order valence-corrected chi connectivity index (χ0v) is 11.4. The third kappa shape index (κ3) is 306. The first-order chi connectivity index (χ1) is 6.27. The highest BCUT2D eigenvalue weighted by atomic mass is 35.5. The molecule has 7 N–H and O–H groups in total. The third-order valence-corrected chi connectivity index (χ3v) is 0.386. The minimum absolute atomic E-state index is 0.523. The summed E-state index contributed by atoms with van der Waals surface area (Å²) in [5.74, 6) is 0. The van der Waals surface area contributed by atoms with Crippen LogP contribution in [0.5, 0.6) is 0 Å². The van der Waals surface area contributed by atoms with E-state index >= 15 is 0 Å². The Bertz CT molecular complexity index is 225. The van der Waals surface area contributed by atoms with Crippen molar-refractivity contribution in [3.63, 3.8) is 0 Å². The maximum absolute atomic E-state index is 9.47. The van der Waals surface area contributed by atoms with Crippen molar-refractivity contribution in [2.24, 2.45) is 0 Å². The zero-order chi connectivity index (χ0) is 13.3. The van der Waals surface area contributed by atoms with Gasteiger partial charge in [0.15, 0.2) is 0 Å². The van der Waals surface area contributed by atoms with Gasteiger partial charge in [-0.05, 0) is 35.2 Å². The molecule has 15 heavy (non-hydrogen) atoms. The lowest BCUT2D eigenvalue weighted by molar-refractivity contribution is 0.261. The monoisotopic (exact) mass is 321 g/mol. The average molecular weight is 322 g/mol. The lowest BCUT2D eigenvalue weighted by Crippen LogP contribution is -2.06. The number of hydrogen-bond donors (Lipinski definition) is 7. The topological polar surface area (TPSA) is 150 Å². The van der Waals surface area contributed by atoms with Crippen molar-refractivity contribution in [2.45, 2.75) is 0 Å². The second-order valence-corrected chi connectivity index (χ2v) is 6.89. The van der Waals surface area contributed by atoms with Gasteiger partial charge in [-0.2, -0.15) is 0 Å². The zero-order valence-electron chi connectivity index (χ0n) is 7.18. The molecule has 0 bridgehead atoms. The van der Waals surface area contributed by atoms with E-state index in [0.717, 1.165) is 0 Å². The lowest BCUT2D eigenvalue weighted by atomic mass is 11.2. The number of hydrogen-bond acceptors (Lipinski definition) is 3. The predicted octanol–water partition coefficient (Wildman–Crippen LogP) is -1.06. The van der Waals surface area contributed by atoms with E-state index in [4.69, 9.17) is 41.0 Å². The molecule has 0 aromatic carbocycles. The number of halogens is 1. The lowest BCUT2D eigenvalue weighted by Gasteiger charge is -1.88. The van der Waals surface area contributed by atoms with Crippen LogP contribution in [0, 0.1) is 0 Å². The van der Waals surface area contributed by atoms with Gasteiger partial charge < -0.3 is 34.7 Å². The molecule has 0 spiro atoms. The molecule has 0 radical (unpaired) electrons. The normalized spacial score (nSPS) is 10.1. The summed E-state index contributed by atoms with van der Waals surface area (Å²) in [4.78, 5) is 54.8. The number of carbonyl (C=O) groups excluding carboxylic acids is 1. The molecule has 1 amide bonds. The first-order valence-electron chi connectivity index (χ1n) is 2.71. The van der Waals surface area contributed by atoms with Gasteiger partial charge in [0.05, 0.1) is 0 Å². The summed E-state index contributed by atoms with van der Waals surface area (Å²) in [6, 6.07) is 0. The van der Waals surface area contributed by atoms with Crippen LogP contribution in [0.15, 0.2) is 0 Å². The largest absolute Gasteiger partial charge is 0.346 e. The van der Waals surface area contributed by atoms with E-state index in [0.29, 0.717) is 0 Å². The van der Waals surface area contributed by atoms with Crippen molar-refractivity contribution in [1.29, 1.82) is 0 Å². The van der Waals surface area contributed by atoms with Crippen LogP contribution in [-0.4, -0.2) is 41.8 Å². The highest BCUT2D eigenvalue weighted by Gasteiger charge is 1.92. The molecular weight excluding hydrogens is 312 g/mol. The Kier molecular flexibility index (Phi) is 14.1. The summed E-state index contributed by atoms with van der Waals surface area (Å²) in [5.41, 5.74) is 0. The molecule has 0 aliphatic heterocycles. The van der Waals surface area contributed by atoms with Crippen LogP contribution < -0.4 is 5.32 Å². The SMILES string of the molecule is CNC(=O)Cl.OP(O)(O)=S.OP(O)(O)=S. The fraction of sp³-hybridized carbons (Fsp3) is 0.500. The number of rotatable bonds is 0. The molecule has 94 valence electrons. The molecule has 0 aliphatic rings. The molecule has 0 saturated heterocycles. The first kappa shape index (κ1) is 21.1. The highest BCUT2D eigenvalue weighted by Crippen LogP contribution is 2.26. The second kappa shape index (κ2) is 10.0. The Balaban J connectivity index is -0.000000144. The minimum atomic E-state index is -3.81. The van der Waals surface area contributed by atoms with Gasteiger partial charge in [-0.25, -0.2) is 0 Å². The van der Waals surface area contributed by atoms with Gasteiger partial charge in [-0.3, -0.25) is 4.79 Å². The van der Waals surface area contributed by atoms with Crippen molar-refractivity contribution in [2.75, 3.05) is 7.05 Å². The first-order valence-corrected chi connectivity index (χ1v) is 8.41. The summed E-state index contributed by atoms with van der Waals surface area (Å²) in [6.45, 7) is -7.61. The fourth-order valence-corrected chi connectivity index (χ4v) is 0. The minimum Gasteiger partial charge on any atom is -0.346 e. The smallest absolute Gasteiger partial charge is 0.319 e. The van der Waals surface area contributed by atoms with Gasteiger partial charge in [0, 0.05) is 7.05 Å². The maximum atomic E-state index is 9.47. The highest BCUT2D eigenvalue weighted by molar-refractivity contribution is 8.06. The van der Waals surface area contributed by atoms with Crippen LogP contribution >= 0.6 is 25.0 Å². The van der Waals surface area contributed by atoms with Crippen LogP contribution in [0.1, 0.15) is 0 Å². The van der Waals surface area contributed by atoms with E-state index in [1.165, 1.54) is 7.05 Å². The number of nitrogens with one attached hydrogen (secondary N) is 1. The summed E-state index contributed by atoms with van der Waals surface area (Å²) in [6.07, 6.45) is 0. The van der Waals surface area contributed by atoms with Crippen molar-refractivity contribution in [3.8, 4) is 0 Å². The summed E-state index contributed by atoms with van der Waals surface area (Å²) in [5, 5.41) is 1.63. The maximum Gasteiger partial charge on any atom is 0.319 e. The molecule has 0 atom stereocenters. The Hall–Kier alpha value is 0.820. The number of amides is 1. The standard InChI is InChI=1S/C2H4ClNO.2H3O3PS/c1-4-2(3)5;2*1-4(2,3)5/h1H3,(H,4,5);2*(H3,1,2,3,5). The Morgan fingerprint density at radius 1 is 1.07 bits per heavy atom. The van der Waals surface area contributed by atoms with Gasteiger partial charge in [0.25, 0.3) is 0 Å². The van der Waals surface area contributed by atoms with E-state index in [9.17, 15) is 4.79 Å². The molecule has 0 unspecified atom stereocenters. The van der Waals surface area contributed by atoms with Gasteiger partial charge in [-0.1, -0.05) is 0 Å². The summed E-state index contributed by atoms with van der Waals surface area (Å²) >= 11 is 11.9.